The van der Waals surface area contributed by atoms with Crippen LogP contribution in [0.15, 0.2) is 77.7 Å². The van der Waals surface area contributed by atoms with E-state index in [1.165, 1.54) is 33.3 Å². The van der Waals surface area contributed by atoms with Gasteiger partial charge in [0.15, 0.2) is 0 Å². The Balaban J connectivity index is 1.31. The topological polar surface area (TPSA) is 76.6 Å². The summed E-state index contributed by atoms with van der Waals surface area (Å²) in [6.45, 7) is 0.772. The summed E-state index contributed by atoms with van der Waals surface area (Å²) in [5.41, 5.74) is 3.24. The highest BCUT2D eigenvalue weighted by Gasteiger charge is 2.28. The van der Waals surface area contributed by atoms with Gasteiger partial charge in [-0.15, -0.1) is 11.3 Å². The number of fused-ring (bicyclic) bond motifs is 2. The molecule has 0 fully saturated rings. The van der Waals surface area contributed by atoms with E-state index in [2.05, 4.69) is 4.98 Å². The number of carbonyl (C=O) groups excluding carboxylic acids is 1. The SMILES string of the molecule is O=C(OCc1nc2ccccc2s1)c1cccc(S(=O)(=O)N2CCc3ccccc3C2)c1. The summed E-state index contributed by atoms with van der Waals surface area (Å²) in [4.78, 5) is 17.1. The molecule has 1 aliphatic rings. The lowest BCUT2D eigenvalue weighted by Crippen LogP contribution is -2.36. The average molecular weight is 465 g/mol. The Morgan fingerprint density at radius 2 is 1.78 bits per heavy atom. The second kappa shape index (κ2) is 8.46. The first-order chi connectivity index (χ1) is 15.5. The van der Waals surface area contributed by atoms with E-state index in [0.717, 1.165) is 15.8 Å². The van der Waals surface area contributed by atoms with Crippen LogP contribution in [0.25, 0.3) is 10.2 Å². The molecule has 3 aromatic carbocycles. The number of hydrogen-bond donors (Lipinski definition) is 0. The molecule has 0 unspecified atom stereocenters. The van der Waals surface area contributed by atoms with E-state index in [1.807, 2.05) is 48.5 Å². The first kappa shape index (κ1) is 20.8. The monoisotopic (exact) mass is 464 g/mol. The van der Waals surface area contributed by atoms with Crippen LogP contribution >= 0.6 is 11.3 Å². The van der Waals surface area contributed by atoms with Crippen LogP contribution in [0.3, 0.4) is 0 Å². The Morgan fingerprint density at radius 1 is 1.00 bits per heavy atom. The predicted molar refractivity (Wildman–Crippen MR) is 123 cm³/mol. The molecule has 162 valence electrons. The summed E-state index contributed by atoms with van der Waals surface area (Å²) in [6.07, 6.45) is 0.666. The number of aromatic nitrogens is 1. The van der Waals surface area contributed by atoms with Crippen molar-refractivity contribution in [3.63, 3.8) is 0 Å². The Kier molecular flexibility index (Phi) is 5.50. The second-order valence-corrected chi connectivity index (χ2v) is 10.6. The first-order valence-corrected chi connectivity index (χ1v) is 12.4. The Labute approximate surface area is 190 Å². The molecule has 1 aromatic heterocycles. The van der Waals surface area contributed by atoms with Gasteiger partial charge < -0.3 is 4.74 Å². The van der Waals surface area contributed by atoms with Crippen molar-refractivity contribution in [2.75, 3.05) is 6.54 Å². The highest BCUT2D eigenvalue weighted by atomic mass is 32.2. The Bertz CT molecular complexity index is 1380. The minimum atomic E-state index is -3.73. The van der Waals surface area contributed by atoms with E-state index in [9.17, 15) is 13.2 Å². The zero-order chi connectivity index (χ0) is 22.1. The number of rotatable bonds is 5. The van der Waals surface area contributed by atoms with Crippen LogP contribution in [0.2, 0.25) is 0 Å². The summed E-state index contributed by atoms with van der Waals surface area (Å²) in [7, 11) is -3.73. The van der Waals surface area contributed by atoms with E-state index in [0.29, 0.717) is 24.5 Å². The molecule has 5 rings (SSSR count). The van der Waals surface area contributed by atoms with Gasteiger partial charge >= 0.3 is 5.97 Å². The van der Waals surface area contributed by atoms with E-state index in [1.54, 1.807) is 12.1 Å². The lowest BCUT2D eigenvalue weighted by Gasteiger charge is -2.28. The molecule has 6 nitrogen and oxygen atoms in total. The number of carbonyl (C=O) groups is 1. The molecule has 0 saturated carbocycles. The maximum Gasteiger partial charge on any atom is 0.338 e. The number of hydrogen-bond acceptors (Lipinski definition) is 6. The van der Waals surface area contributed by atoms with Gasteiger partial charge in [-0.3, -0.25) is 0 Å². The van der Waals surface area contributed by atoms with Crippen LogP contribution < -0.4 is 0 Å². The molecule has 0 saturated heterocycles. The summed E-state index contributed by atoms with van der Waals surface area (Å²) in [5, 5.41) is 0.690. The summed E-state index contributed by atoms with van der Waals surface area (Å²) in [5.74, 6) is -0.578. The van der Waals surface area contributed by atoms with E-state index < -0.39 is 16.0 Å². The summed E-state index contributed by atoms with van der Waals surface area (Å²) in [6, 6.07) is 21.6. The third kappa shape index (κ3) is 4.04. The molecule has 4 aromatic rings. The molecular formula is C24H20N2O4S2. The van der Waals surface area contributed by atoms with Crippen molar-refractivity contribution in [2.45, 2.75) is 24.5 Å². The lowest BCUT2D eigenvalue weighted by atomic mass is 10.0. The summed E-state index contributed by atoms with van der Waals surface area (Å²) >= 11 is 1.46. The number of para-hydroxylation sites is 1. The van der Waals surface area contributed by atoms with Crippen LogP contribution in [0, 0.1) is 0 Å². The third-order valence-electron chi connectivity index (χ3n) is 5.47. The minimum absolute atomic E-state index is 0.0397. The van der Waals surface area contributed by atoms with Crippen LogP contribution in [0.1, 0.15) is 26.5 Å². The van der Waals surface area contributed by atoms with Crippen molar-refractivity contribution in [2.24, 2.45) is 0 Å². The molecule has 8 heteroatoms. The molecule has 0 radical (unpaired) electrons. The van der Waals surface area contributed by atoms with Crippen molar-refractivity contribution in [1.29, 1.82) is 0 Å². The molecule has 2 heterocycles. The lowest BCUT2D eigenvalue weighted by molar-refractivity contribution is 0.0472. The van der Waals surface area contributed by atoms with Gasteiger partial charge in [-0.25, -0.2) is 18.2 Å². The molecule has 32 heavy (non-hydrogen) atoms. The van der Waals surface area contributed by atoms with Gasteiger partial charge in [0.25, 0.3) is 0 Å². The molecule has 0 bridgehead atoms. The molecule has 0 aliphatic carbocycles. The van der Waals surface area contributed by atoms with Crippen molar-refractivity contribution < 1.29 is 17.9 Å². The molecule has 0 N–H and O–H groups in total. The second-order valence-electron chi connectivity index (χ2n) is 7.54. The van der Waals surface area contributed by atoms with Gasteiger partial charge in [-0.2, -0.15) is 4.31 Å². The number of benzene rings is 3. The van der Waals surface area contributed by atoms with Crippen LogP contribution in [0.4, 0.5) is 0 Å². The minimum Gasteiger partial charge on any atom is -0.455 e. The number of sulfonamides is 1. The molecule has 0 amide bonds. The van der Waals surface area contributed by atoms with E-state index in [4.69, 9.17) is 4.74 Å². The highest BCUT2D eigenvalue weighted by molar-refractivity contribution is 7.89. The van der Waals surface area contributed by atoms with Crippen molar-refractivity contribution in [3.05, 3.63) is 94.5 Å². The fourth-order valence-electron chi connectivity index (χ4n) is 3.80. The van der Waals surface area contributed by atoms with Gasteiger partial charge in [-0.1, -0.05) is 42.5 Å². The van der Waals surface area contributed by atoms with Gasteiger partial charge in [0, 0.05) is 13.1 Å². The van der Waals surface area contributed by atoms with Gasteiger partial charge in [-0.05, 0) is 47.9 Å². The fraction of sp³-hybridized carbons (Fsp3) is 0.167. The molecule has 0 spiro atoms. The molecular weight excluding hydrogens is 444 g/mol. The standard InChI is InChI=1S/C24H20N2O4S2/c27-24(30-16-23-25-21-10-3-4-11-22(21)31-23)18-8-5-9-20(14-18)32(28,29)26-13-12-17-6-1-2-7-19(17)15-26/h1-11,14H,12-13,15-16H2. The maximum atomic E-state index is 13.2. The van der Waals surface area contributed by atoms with Crippen molar-refractivity contribution in [1.82, 2.24) is 9.29 Å². The van der Waals surface area contributed by atoms with E-state index >= 15 is 0 Å². The number of ether oxygens (including phenoxy) is 1. The quantitative estimate of drug-likeness (QED) is 0.409. The fourth-order valence-corrected chi connectivity index (χ4v) is 6.15. The maximum absolute atomic E-state index is 13.2. The van der Waals surface area contributed by atoms with Crippen molar-refractivity contribution in [3.8, 4) is 0 Å². The third-order valence-corrected chi connectivity index (χ3v) is 8.32. The van der Waals surface area contributed by atoms with Crippen LogP contribution in [-0.2, 0) is 34.3 Å². The van der Waals surface area contributed by atoms with E-state index in [-0.39, 0.29) is 17.1 Å². The van der Waals surface area contributed by atoms with Gasteiger partial charge in [0.05, 0.1) is 20.7 Å². The molecule has 1 aliphatic heterocycles. The highest BCUT2D eigenvalue weighted by Crippen LogP contribution is 2.26. The zero-order valence-electron chi connectivity index (χ0n) is 17.1. The Morgan fingerprint density at radius 3 is 2.62 bits per heavy atom. The van der Waals surface area contributed by atoms with Crippen molar-refractivity contribution >= 4 is 37.5 Å². The molecule has 0 atom stereocenters. The smallest absolute Gasteiger partial charge is 0.338 e. The summed E-state index contributed by atoms with van der Waals surface area (Å²) < 4.78 is 34.3. The number of nitrogens with zero attached hydrogens (tertiary/aromatic N) is 2. The first-order valence-electron chi connectivity index (χ1n) is 10.2. The predicted octanol–water partition coefficient (Wildman–Crippen LogP) is 4.40. The normalized spacial score (nSPS) is 14.2. The van der Waals surface area contributed by atoms with Crippen LogP contribution in [-0.4, -0.2) is 30.2 Å². The van der Waals surface area contributed by atoms with Gasteiger partial charge in [0.1, 0.15) is 11.6 Å². The number of esters is 1. The average Bonchev–Trinajstić information content (AvgIpc) is 3.25. The largest absolute Gasteiger partial charge is 0.455 e. The number of thiazole rings is 1. The van der Waals surface area contributed by atoms with Crippen LogP contribution in [0.5, 0.6) is 0 Å². The Hall–Kier alpha value is -3.07. The van der Waals surface area contributed by atoms with Gasteiger partial charge in [0.2, 0.25) is 10.0 Å². The zero-order valence-corrected chi connectivity index (χ0v) is 18.7.